The number of ketones is 1. The maximum atomic E-state index is 10.8. The fraction of sp³-hybridized carbons (Fsp3) is 0.111. The summed E-state index contributed by atoms with van der Waals surface area (Å²) in [5, 5.41) is 8.75. The number of thiocarbonyl (C=S) groups is 1. The van der Waals surface area contributed by atoms with Gasteiger partial charge in [-0.15, -0.1) is 0 Å². The molecule has 0 saturated heterocycles. The maximum Gasteiger partial charge on any atom is 0.188 e. The minimum atomic E-state index is -0.148. The van der Waals surface area contributed by atoms with E-state index >= 15 is 0 Å². The molecular formula is C9H8O2S. The van der Waals surface area contributed by atoms with Gasteiger partial charge in [0.2, 0.25) is 0 Å². The van der Waals surface area contributed by atoms with Crippen LogP contribution >= 0.6 is 12.2 Å². The molecule has 0 radical (unpaired) electrons. The molecule has 1 rings (SSSR count). The summed E-state index contributed by atoms with van der Waals surface area (Å²) in [5.41, 5.74) is 1.19. The van der Waals surface area contributed by atoms with Crippen LogP contribution in [0.1, 0.15) is 22.8 Å². The number of carbonyl (C=O) groups is 1. The van der Waals surface area contributed by atoms with E-state index in [9.17, 15) is 4.79 Å². The van der Waals surface area contributed by atoms with Crippen molar-refractivity contribution in [2.45, 2.75) is 6.92 Å². The molecule has 3 heteroatoms. The lowest BCUT2D eigenvalue weighted by Crippen LogP contribution is -1.96. The van der Waals surface area contributed by atoms with Gasteiger partial charge in [-0.2, -0.15) is 0 Å². The smallest absolute Gasteiger partial charge is 0.188 e. The fourth-order valence-electron chi connectivity index (χ4n) is 0.848. The number of hydrogen-bond donors (Lipinski definition) is 1. The van der Waals surface area contributed by atoms with E-state index in [4.69, 9.17) is 5.11 Å². The Bertz CT molecular complexity index is 281. The van der Waals surface area contributed by atoms with Crippen molar-refractivity contribution in [2.24, 2.45) is 0 Å². The number of carbonyl (C=O) groups excluding carboxylic acids is 1. The molecule has 2 nitrogen and oxygen atoms in total. The summed E-state index contributed by atoms with van der Waals surface area (Å²) in [6, 6.07) is 6.53. The van der Waals surface area contributed by atoms with Crippen molar-refractivity contribution in [2.75, 3.05) is 0 Å². The molecule has 0 heterocycles. The van der Waals surface area contributed by atoms with Crippen molar-refractivity contribution >= 4 is 23.1 Å². The van der Waals surface area contributed by atoms with Crippen LogP contribution in [0.5, 0.6) is 0 Å². The molecule has 0 aromatic heterocycles. The van der Waals surface area contributed by atoms with Gasteiger partial charge >= 0.3 is 0 Å². The van der Waals surface area contributed by atoms with E-state index in [-0.39, 0.29) is 10.8 Å². The van der Waals surface area contributed by atoms with E-state index in [0.29, 0.717) is 11.1 Å². The van der Waals surface area contributed by atoms with Crippen LogP contribution in [0.2, 0.25) is 0 Å². The molecule has 0 saturated carbocycles. The highest BCUT2D eigenvalue weighted by Gasteiger charge is 2.00. The number of benzene rings is 1. The van der Waals surface area contributed by atoms with Gasteiger partial charge in [0, 0.05) is 11.1 Å². The second-order valence-electron chi connectivity index (χ2n) is 2.44. The minimum absolute atomic E-state index is 0.00501. The van der Waals surface area contributed by atoms with E-state index < -0.39 is 0 Å². The average molecular weight is 180 g/mol. The van der Waals surface area contributed by atoms with Gasteiger partial charge in [-0.3, -0.25) is 4.79 Å². The lowest BCUT2D eigenvalue weighted by molar-refractivity contribution is 0.101. The van der Waals surface area contributed by atoms with E-state index in [1.165, 1.54) is 6.92 Å². The maximum absolute atomic E-state index is 10.8. The van der Waals surface area contributed by atoms with E-state index in [1.807, 2.05) is 0 Å². The van der Waals surface area contributed by atoms with Crippen molar-refractivity contribution in [3.8, 4) is 0 Å². The average Bonchev–Trinajstić information content (AvgIpc) is 2.04. The fourth-order valence-corrected chi connectivity index (χ4v) is 0.984. The Kier molecular flexibility index (Phi) is 2.55. The molecule has 0 bridgehead atoms. The second-order valence-corrected chi connectivity index (χ2v) is 2.83. The molecule has 0 atom stereocenters. The highest BCUT2D eigenvalue weighted by Crippen LogP contribution is 2.05. The van der Waals surface area contributed by atoms with Gasteiger partial charge in [-0.05, 0) is 31.3 Å². The van der Waals surface area contributed by atoms with Crippen LogP contribution in [0.4, 0.5) is 0 Å². The molecule has 62 valence electrons. The first-order valence-electron chi connectivity index (χ1n) is 3.45. The van der Waals surface area contributed by atoms with Gasteiger partial charge in [0.05, 0.1) is 0 Å². The second kappa shape index (κ2) is 3.45. The van der Waals surface area contributed by atoms with Gasteiger partial charge in [0.1, 0.15) is 0 Å². The first-order valence-corrected chi connectivity index (χ1v) is 3.86. The highest BCUT2D eigenvalue weighted by molar-refractivity contribution is 7.80. The number of hydrogen-bond acceptors (Lipinski definition) is 2. The van der Waals surface area contributed by atoms with Crippen LogP contribution in [0.15, 0.2) is 24.3 Å². The monoisotopic (exact) mass is 180 g/mol. The summed E-state index contributed by atoms with van der Waals surface area (Å²) in [6.45, 7) is 1.49. The first-order chi connectivity index (χ1) is 5.61. The van der Waals surface area contributed by atoms with Crippen LogP contribution in [0.3, 0.4) is 0 Å². The third kappa shape index (κ3) is 1.89. The van der Waals surface area contributed by atoms with Crippen molar-refractivity contribution in [3.05, 3.63) is 35.4 Å². The van der Waals surface area contributed by atoms with Crippen molar-refractivity contribution < 1.29 is 9.90 Å². The Balaban J connectivity index is 3.01. The quantitative estimate of drug-likeness (QED) is 0.559. The zero-order valence-corrected chi connectivity index (χ0v) is 7.39. The Morgan fingerprint density at radius 1 is 1.25 bits per heavy atom. The highest BCUT2D eigenvalue weighted by atomic mass is 32.1. The minimum Gasteiger partial charge on any atom is -0.499 e. The summed E-state index contributed by atoms with van der Waals surface area (Å²) < 4.78 is 0. The summed E-state index contributed by atoms with van der Waals surface area (Å²) in [6.07, 6.45) is 0. The number of rotatable bonds is 2. The Hall–Kier alpha value is -1.22. The zero-order valence-electron chi connectivity index (χ0n) is 6.57. The van der Waals surface area contributed by atoms with E-state index in [1.54, 1.807) is 24.3 Å². The molecule has 1 N–H and O–H groups in total. The normalized spacial score (nSPS) is 9.42. The molecule has 0 amide bonds. The topological polar surface area (TPSA) is 37.3 Å². The Morgan fingerprint density at radius 3 is 2.00 bits per heavy atom. The molecule has 1 aromatic rings. The summed E-state index contributed by atoms with van der Waals surface area (Å²) in [5.74, 6) is 0.00501. The largest absolute Gasteiger partial charge is 0.499 e. The zero-order chi connectivity index (χ0) is 9.14. The summed E-state index contributed by atoms with van der Waals surface area (Å²) in [7, 11) is 0. The molecule has 0 aliphatic heterocycles. The van der Waals surface area contributed by atoms with Gasteiger partial charge in [-0.25, -0.2) is 0 Å². The SMILES string of the molecule is CC(=O)c1ccc(C(O)=S)cc1. The summed E-state index contributed by atoms with van der Waals surface area (Å²) in [4.78, 5) is 10.8. The lowest BCUT2D eigenvalue weighted by atomic mass is 10.1. The third-order valence-corrected chi connectivity index (χ3v) is 1.77. The lowest BCUT2D eigenvalue weighted by Gasteiger charge is -1.97. The molecule has 0 unspecified atom stereocenters. The van der Waals surface area contributed by atoms with Crippen LogP contribution in [-0.2, 0) is 0 Å². The number of aliphatic hydroxyl groups is 1. The van der Waals surface area contributed by atoms with Crippen molar-refractivity contribution in [1.82, 2.24) is 0 Å². The van der Waals surface area contributed by atoms with Crippen LogP contribution in [0.25, 0.3) is 0 Å². The Labute approximate surface area is 75.8 Å². The molecule has 0 spiro atoms. The molecule has 12 heavy (non-hydrogen) atoms. The van der Waals surface area contributed by atoms with E-state index in [2.05, 4.69) is 12.2 Å². The number of aliphatic hydroxyl groups excluding tert-OH is 1. The van der Waals surface area contributed by atoms with Gasteiger partial charge < -0.3 is 5.11 Å². The van der Waals surface area contributed by atoms with Crippen LogP contribution < -0.4 is 0 Å². The van der Waals surface area contributed by atoms with E-state index in [0.717, 1.165) is 0 Å². The first kappa shape index (κ1) is 8.87. The number of Topliss-reactive ketones (excluding diaryl/α,β-unsaturated/α-hetero) is 1. The summed E-state index contributed by atoms with van der Waals surface area (Å²) >= 11 is 4.54. The standard InChI is InChI=1S/C9H8O2S/c1-6(10)7-2-4-8(5-3-7)9(11)12/h2-5H,1H3,(H,11,12). The Morgan fingerprint density at radius 2 is 1.67 bits per heavy atom. The van der Waals surface area contributed by atoms with Crippen molar-refractivity contribution in [1.29, 1.82) is 0 Å². The van der Waals surface area contributed by atoms with Gasteiger partial charge in [-0.1, -0.05) is 12.1 Å². The molecule has 0 aliphatic rings. The van der Waals surface area contributed by atoms with Gasteiger partial charge in [0.25, 0.3) is 0 Å². The van der Waals surface area contributed by atoms with Crippen LogP contribution in [-0.4, -0.2) is 15.9 Å². The third-order valence-electron chi connectivity index (χ3n) is 1.54. The molecule has 0 aliphatic carbocycles. The molecular weight excluding hydrogens is 172 g/mol. The predicted molar refractivity (Wildman–Crippen MR) is 50.8 cm³/mol. The van der Waals surface area contributed by atoms with Crippen molar-refractivity contribution in [3.63, 3.8) is 0 Å². The van der Waals surface area contributed by atoms with Crippen LogP contribution in [0, 0.1) is 0 Å². The van der Waals surface area contributed by atoms with Gasteiger partial charge in [0.15, 0.2) is 10.8 Å². The molecule has 1 aromatic carbocycles. The molecule has 0 fully saturated rings. The predicted octanol–water partition coefficient (Wildman–Crippen LogP) is 2.12.